The molecule has 0 atom stereocenters. The third-order valence-electron chi connectivity index (χ3n) is 1.89. The lowest BCUT2D eigenvalue weighted by molar-refractivity contribution is 0.0388. The second kappa shape index (κ2) is 6.00. The highest BCUT2D eigenvalue weighted by Gasteiger charge is 2.12. The minimum atomic E-state index is -3.77. The van der Waals surface area contributed by atoms with Crippen LogP contribution in [0, 0.1) is 0 Å². The largest absolute Gasteiger partial charge is 0.460 e. The summed E-state index contributed by atoms with van der Waals surface area (Å²) in [6.07, 6.45) is 0. The van der Waals surface area contributed by atoms with Gasteiger partial charge in [0.25, 0.3) is 9.05 Å². The van der Waals surface area contributed by atoms with Gasteiger partial charge in [-0.15, -0.1) is 0 Å². The van der Waals surface area contributed by atoms with Crippen molar-refractivity contribution in [2.45, 2.75) is 4.90 Å². The van der Waals surface area contributed by atoms with Crippen molar-refractivity contribution >= 4 is 25.7 Å². The van der Waals surface area contributed by atoms with Crippen LogP contribution in [0.2, 0.25) is 0 Å². The van der Waals surface area contributed by atoms with Crippen molar-refractivity contribution in [2.75, 3.05) is 20.3 Å². The summed E-state index contributed by atoms with van der Waals surface area (Å²) in [5.74, 6) is -0.541. The molecule has 0 saturated carbocycles. The number of carbonyl (C=O) groups is 1. The van der Waals surface area contributed by atoms with Crippen LogP contribution in [0.3, 0.4) is 0 Å². The summed E-state index contributed by atoms with van der Waals surface area (Å²) in [4.78, 5) is 11.4. The van der Waals surface area contributed by atoms with E-state index in [1.165, 1.54) is 31.4 Å². The summed E-state index contributed by atoms with van der Waals surface area (Å²) in [6, 6.07) is 5.17. The van der Waals surface area contributed by atoms with Crippen molar-refractivity contribution in [3.63, 3.8) is 0 Å². The van der Waals surface area contributed by atoms with Gasteiger partial charge in [0.1, 0.15) is 6.61 Å². The first-order valence-corrected chi connectivity index (χ1v) is 6.97. The number of carbonyl (C=O) groups excluding carboxylic acids is 1. The van der Waals surface area contributed by atoms with Gasteiger partial charge in [0.05, 0.1) is 17.1 Å². The average Bonchev–Trinajstić information content (AvgIpc) is 2.28. The van der Waals surface area contributed by atoms with E-state index in [0.717, 1.165) is 0 Å². The number of methoxy groups -OCH3 is 1. The number of halogens is 1. The number of hydrogen-bond donors (Lipinski definition) is 0. The molecular formula is C10H11ClO5S. The van der Waals surface area contributed by atoms with E-state index in [1.54, 1.807) is 0 Å². The minimum Gasteiger partial charge on any atom is -0.460 e. The predicted octanol–water partition coefficient (Wildman–Crippen LogP) is 1.42. The van der Waals surface area contributed by atoms with E-state index in [2.05, 4.69) is 0 Å². The molecule has 0 amide bonds. The molecule has 0 fully saturated rings. The summed E-state index contributed by atoms with van der Waals surface area (Å²) in [7, 11) is 2.86. The van der Waals surface area contributed by atoms with Crippen LogP contribution in [-0.2, 0) is 18.5 Å². The highest BCUT2D eigenvalue weighted by Crippen LogP contribution is 2.15. The first-order chi connectivity index (χ1) is 7.95. The van der Waals surface area contributed by atoms with Crippen LogP contribution in [0.4, 0.5) is 0 Å². The first-order valence-electron chi connectivity index (χ1n) is 4.66. The zero-order valence-electron chi connectivity index (χ0n) is 9.05. The first kappa shape index (κ1) is 14.0. The molecule has 7 heteroatoms. The van der Waals surface area contributed by atoms with Gasteiger partial charge in [0, 0.05) is 17.8 Å². The van der Waals surface area contributed by atoms with Crippen LogP contribution in [0.1, 0.15) is 10.4 Å². The zero-order chi connectivity index (χ0) is 12.9. The van der Waals surface area contributed by atoms with Crippen LogP contribution in [0.15, 0.2) is 29.2 Å². The van der Waals surface area contributed by atoms with E-state index in [9.17, 15) is 13.2 Å². The molecule has 0 aliphatic heterocycles. The molecule has 0 aliphatic carbocycles. The van der Waals surface area contributed by atoms with Crippen molar-refractivity contribution < 1.29 is 22.7 Å². The Labute approximate surface area is 104 Å². The Bertz CT molecular complexity index is 480. The summed E-state index contributed by atoms with van der Waals surface area (Å²) < 4.78 is 31.5. The van der Waals surface area contributed by atoms with Gasteiger partial charge in [0.2, 0.25) is 0 Å². The van der Waals surface area contributed by atoms with Gasteiger partial charge in [-0.3, -0.25) is 0 Å². The fourth-order valence-corrected chi connectivity index (χ4v) is 1.82. The summed E-state index contributed by atoms with van der Waals surface area (Å²) in [6.45, 7) is 0.449. The van der Waals surface area contributed by atoms with Crippen molar-refractivity contribution in [2.24, 2.45) is 0 Å². The van der Waals surface area contributed by atoms with Crippen LogP contribution in [0.25, 0.3) is 0 Å². The maximum atomic E-state index is 11.4. The molecule has 0 heterocycles. The molecular weight excluding hydrogens is 268 g/mol. The van der Waals surface area contributed by atoms with Gasteiger partial charge < -0.3 is 9.47 Å². The molecule has 0 bridgehead atoms. The summed E-state index contributed by atoms with van der Waals surface area (Å²) in [5, 5.41) is 0. The Morgan fingerprint density at radius 2 is 1.82 bits per heavy atom. The smallest absolute Gasteiger partial charge is 0.338 e. The molecule has 0 aliphatic rings. The molecule has 0 spiro atoms. The van der Waals surface area contributed by atoms with Crippen LogP contribution in [-0.4, -0.2) is 34.7 Å². The maximum Gasteiger partial charge on any atom is 0.338 e. The fraction of sp³-hybridized carbons (Fsp3) is 0.300. The van der Waals surface area contributed by atoms with E-state index in [0.29, 0.717) is 6.61 Å². The van der Waals surface area contributed by atoms with Gasteiger partial charge in [0.15, 0.2) is 0 Å². The SMILES string of the molecule is COCCOC(=O)c1ccc(S(=O)(=O)Cl)cc1. The minimum absolute atomic E-state index is 0.0624. The molecule has 0 N–H and O–H groups in total. The Balaban J connectivity index is 2.71. The lowest BCUT2D eigenvalue weighted by Crippen LogP contribution is -2.09. The molecule has 5 nitrogen and oxygen atoms in total. The predicted molar refractivity (Wildman–Crippen MR) is 61.6 cm³/mol. The summed E-state index contributed by atoms with van der Waals surface area (Å²) >= 11 is 0. The van der Waals surface area contributed by atoms with E-state index in [1.807, 2.05) is 0 Å². The number of rotatable bonds is 5. The van der Waals surface area contributed by atoms with Gasteiger partial charge in [-0.25, -0.2) is 13.2 Å². The molecule has 1 aromatic rings. The number of hydrogen-bond acceptors (Lipinski definition) is 5. The van der Waals surface area contributed by atoms with E-state index >= 15 is 0 Å². The number of esters is 1. The van der Waals surface area contributed by atoms with E-state index in [4.69, 9.17) is 20.2 Å². The fourth-order valence-electron chi connectivity index (χ4n) is 1.05. The molecule has 94 valence electrons. The Morgan fingerprint density at radius 3 is 2.29 bits per heavy atom. The van der Waals surface area contributed by atoms with Crippen molar-refractivity contribution in [1.29, 1.82) is 0 Å². The Hall–Kier alpha value is -1.11. The van der Waals surface area contributed by atoms with Gasteiger partial charge in [-0.2, -0.15) is 0 Å². The summed E-state index contributed by atoms with van der Waals surface area (Å²) in [5.41, 5.74) is 0.255. The van der Waals surface area contributed by atoms with Crippen molar-refractivity contribution in [3.05, 3.63) is 29.8 Å². The van der Waals surface area contributed by atoms with Crippen molar-refractivity contribution in [3.8, 4) is 0 Å². The molecule has 0 unspecified atom stereocenters. The molecule has 0 aromatic heterocycles. The topological polar surface area (TPSA) is 69.7 Å². The normalized spacial score (nSPS) is 11.2. The van der Waals surface area contributed by atoms with Crippen LogP contribution < -0.4 is 0 Å². The number of ether oxygens (including phenoxy) is 2. The van der Waals surface area contributed by atoms with Crippen LogP contribution >= 0.6 is 10.7 Å². The van der Waals surface area contributed by atoms with Gasteiger partial charge in [-0.05, 0) is 24.3 Å². The lowest BCUT2D eigenvalue weighted by Gasteiger charge is -2.04. The maximum absolute atomic E-state index is 11.4. The third kappa shape index (κ3) is 4.33. The van der Waals surface area contributed by atoms with Crippen molar-refractivity contribution in [1.82, 2.24) is 0 Å². The Kier molecular flexibility index (Phi) is 4.92. The second-order valence-corrected chi connectivity index (χ2v) is 5.66. The Morgan fingerprint density at radius 1 is 1.24 bits per heavy atom. The quantitative estimate of drug-likeness (QED) is 0.463. The molecule has 0 radical (unpaired) electrons. The zero-order valence-corrected chi connectivity index (χ0v) is 10.6. The third-order valence-corrected chi connectivity index (χ3v) is 3.26. The molecule has 0 saturated heterocycles. The molecule has 1 rings (SSSR count). The van der Waals surface area contributed by atoms with Gasteiger partial charge >= 0.3 is 5.97 Å². The monoisotopic (exact) mass is 278 g/mol. The molecule has 17 heavy (non-hydrogen) atoms. The average molecular weight is 279 g/mol. The molecule has 1 aromatic carbocycles. The highest BCUT2D eigenvalue weighted by atomic mass is 35.7. The highest BCUT2D eigenvalue weighted by molar-refractivity contribution is 8.13. The number of benzene rings is 1. The lowest BCUT2D eigenvalue weighted by atomic mass is 10.2. The standard InChI is InChI=1S/C10H11ClO5S/c1-15-6-7-16-10(12)8-2-4-9(5-3-8)17(11,13)14/h2-5H,6-7H2,1H3. The van der Waals surface area contributed by atoms with Gasteiger partial charge in [-0.1, -0.05) is 0 Å². The second-order valence-electron chi connectivity index (χ2n) is 3.09. The van der Waals surface area contributed by atoms with E-state index in [-0.39, 0.29) is 17.1 Å². The van der Waals surface area contributed by atoms with E-state index < -0.39 is 15.0 Å². The van der Waals surface area contributed by atoms with Crippen LogP contribution in [0.5, 0.6) is 0 Å².